The van der Waals surface area contributed by atoms with E-state index in [9.17, 15) is 4.79 Å². The van der Waals surface area contributed by atoms with Crippen molar-refractivity contribution in [3.05, 3.63) is 11.1 Å². The van der Waals surface area contributed by atoms with E-state index in [0.29, 0.717) is 11.7 Å². The molecule has 3 rings (SSSR count). The first-order valence-electron chi connectivity index (χ1n) is 7.10. The van der Waals surface area contributed by atoms with Crippen molar-refractivity contribution >= 4 is 22.4 Å². The molecule has 5 heteroatoms. The molecule has 0 N–H and O–H groups in total. The van der Waals surface area contributed by atoms with Crippen LogP contribution in [-0.2, 0) is 4.74 Å². The summed E-state index contributed by atoms with van der Waals surface area (Å²) in [6.07, 6.45) is 7.94. The Morgan fingerprint density at radius 3 is 3.00 bits per heavy atom. The molecule has 1 aromatic rings. The Balaban J connectivity index is 1.80. The van der Waals surface area contributed by atoms with E-state index in [0.717, 1.165) is 17.6 Å². The summed E-state index contributed by atoms with van der Waals surface area (Å²) in [5.41, 5.74) is 0.445. The van der Waals surface area contributed by atoms with Gasteiger partial charge in [-0.3, -0.25) is 0 Å². The second-order valence-electron chi connectivity index (χ2n) is 5.45. The number of hydrogen-bond donors (Lipinski definition) is 0. The lowest BCUT2D eigenvalue weighted by Crippen LogP contribution is -2.46. The van der Waals surface area contributed by atoms with Crippen LogP contribution in [0.3, 0.4) is 0 Å². The van der Waals surface area contributed by atoms with Crippen molar-refractivity contribution in [3.63, 3.8) is 0 Å². The van der Waals surface area contributed by atoms with Gasteiger partial charge in [0.2, 0.25) is 0 Å². The lowest BCUT2D eigenvalue weighted by molar-refractivity contribution is 0.0595. The largest absolute Gasteiger partial charge is 0.464 e. The molecular weight excluding hydrogens is 260 g/mol. The summed E-state index contributed by atoms with van der Waals surface area (Å²) >= 11 is 1.57. The molecule has 2 aliphatic rings. The van der Waals surface area contributed by atoms with Gasteiger partial charge in [0.15, 0.2) is 10.8 Å². The van der Waals surface area contributed by atoms with Crippen LogP contribution in [0, 0.1) is 5.92 Å². The van der Waals surface area contributed by atoms with E-state index < -0.39 is 0 Å². The second kappa shape index (κ2) is 5.49. The Labute approximate surface area is 117 Å². The van der Waals surface area contributed by atoms with Gasteiger partial charge in [-0.1, -0.05) is 12.8 Å². The number of methoxy groups -OCH3 is 1. The third-order valence-electron chi connectivity index (χ3n) is 4.38. The predicted molar refractivity (Wildman–Crippen MR) is 75.8 cm³/mol. The Morgan fingerprint density at radius 1 is 1.37 bits per heavy atom. The molecule has 1 aliphatic carbocycles. The van der Waals surface area contributed by atoms with Gasteiger partial charge < -0.3 is 9.64 Å². The number of aromatic nitrogens is 1. The van der Waals surface area contributed by atoms with Crippen LogP contribution in [0.1, 0.15) is 49.0 Å². The molecule has 0 spiro atoms. The van der Waals surface area contributed by atoms with E-state index in [1.165, 1.54) is 45.6 Å². The first-order valence-corrected chi connectivity index (χ1v) is 7.98. The van der Waals surface area contributed by atoms with Gasteiger partial charge >= 0.3 is 5.97 Å². The molecule has 1 aromatic heterocycles. The lowest BCUT2D eigenvalue weighted by Gasteiger charge is -2.44. The molecule has 2 heterocycles. The highest BCUT2D eigenvalue weighted by Crippen LogP contribution is 2.38. The third-order valence-corrected chi connectivity index (χ3v) is 5.25. The molecule has 0 bridgehead atoms. The standard InChI is InChI=1S/C14H20N2O2S/c1-18-13(17)11-9-19-14(15-11)16-8-4-6-10-5-2-3-7-12(10)16/h9-10,12H,2-8H2,1H3. The molecule has 4 nitrogen and oxygen atoms in total. The SMILES string of the molecule is COC(=O)c1csc(N2CCCC3CCCCC32)n1. The van der Waals surface area contributed by atoms with Crippen LogP contribution in [0.25, 0.3) is 0 Å². The number of rotatable bonds is 2. The molecule has 0 aromatic carbocycles. The minimum Gasteiger partial charge on any atom is -0.464 e. The molecule has 2 fully saturated rings. The summed E-state index contributed by atoms with van der Waals surface area (Å²) in [5.74, 6) is 0.493. The van der Waals surface area contributed by atoms with Crippen molar-refractivity contribution in [3.8, 4) is 0 Å². The normalized spacial score (nSPS) is 26.9. The van der Waals surface area contributed by atoms with Crippen LogP contribution in [0.4, 0.5) is 5.13 Å². The highest BCUT2D eigenvalue weighted by Gasteiger charge is 2.34. The zero-order valence-electron chi connectivity index (χ0n) is 11.3. The average molecular weight is 280 g/mol. The van der Waals surface area contributed by atoms with Gasteiger partial charge in [-0.2, -0.15) is 0 Å². The smallest absolute Gasteiger partial charge is 0.357 e. The zero-order valence-corrected chi connectivity index (χ0v) is 12.1. The topological polar surface area (TPSA) is 42.4 Å². The van der Waals surface area contributed by atoms with Crippen LogP contribution >= 0.6 is 11.3 Å². The Kier molecular flexibility index (Phi) is 3.73. The highest BCUT2D eigenvalue weighted by atomic mass is 32.1. The summed E-state index contributed by atoms with van der Waals surface area (Å²) in [6.45, 7) is 1.08. The summed E-state index contributed by atoms with van der Waals surface area (Å²) in [4.78, 5) is 18.4. The zero-order chi connectivity index (χ0) is 13.2. The second-order valence-corrected chi connectivity index (χ2v) is 6.29. The van der Waals surface area contributed by atoms with Crippen LogP contribution in [0.15, 0.2) is 5.38 Å². The molecular formula is C14H20N2O2S. The van der Waals surface area contributed by atoms with Gasteiger partial charge in [0.1, 0.15) is 0 Å². The minimum atomic E-state index is -0.334. The van der Waals surface area contributed by atoms with E-state index in [2.05, 4.69) is 9.88 Å². The Morgan fingerprint density at radius 2 is 2.16 bits per heavy atom. The molecule has 1 aliphatic heterocycles. The predicted octanol–water partition coefficient (Wildman–Crippen LogP) is 3.09. The first-order chi connectivity index (χ1) is 9.29. The van der Waals surface area contributed by atoms with Crippen LogP contribution < -0.4 is 4.90 Å². The summed E-state index contributed by atoms with van der Waals surface area (Å²) in [7, 11) is 1.40. The van der Waals surface area contributed by atoms with Crippen molar-refractivity contribution in [1.82, 2.24) is 4.98 Å². The summed E-state index contributed by atoms with van der Waals surface area (Å²) < 4.78 is 4.73. The van der Waals surface area contributed by atoms with Crippen molar-refractivity contribution < 1.29 is 9.53 Å². The number of thiazole rings is 1. The monoisotopic (exact) mass is 280 g/mol. The number of ether oxygens (including phenoxy) is 1. The Hall–Kier alpha value is -1.10. The quantitative estimate of drug-likeness (QED) is 0.781. The van der Waals surface area contributed by atoms with Crippen molar-refractivity contribution in [1.29, 1.82) is 0 Å². The number of piperidine rings is 1. The third kappa shape index (κ3) is 2.48. The number of fused-ring (bicyclic) bond motifs is 1. The Bertz CT molecular complexity index is 458. The maximum Gasteiger partial charge on any atom is 0.357 e. The van der Waals surface area contributed by atoms with E-state index in [1.807, 2.05) is 5.38 Å². The van der Waals surface area contributed by atoms with Gasteiger partial charge in [0, 0.05) is 18.0 Å². The fraction of sp³-hybridized carbons (Fsp3) is 0.714. The molecule has 1 saturated heterocycles. The summed E-state index contributed by atoms with van der Waals surface area (Å²) in [6, 6.07) is 0.638. The molecule has 1 saturated carbocycles. The summed E-state index contributed by atoms with van der Waals surface area (Å²) in [5, 5.41) is 2.81. The molecule has 104 valence electrons. The average Bonchev–Trinajstić information content (AvgIpc) is 2.95. The van der Waals surface area contributed by atoms with Crippen molar-refractivity contribution in [2.75, 3.05) is 18.6 Å². The van der Waals surface area contributed by atoms with E-state index >= 15 is 0 Å². The molecule has 0 radical (unpaired) electrons. The van der Waals surface area contributed by atoms with E-state index in [-0.39, 0.29) is 5.97 Å². The lowest BCUT2D eigenvalue weighted by atomic mass is 9.78. The number of anilines is 1. The number of hydrogen-bond acceptors (Lipinski definition) is 5. The van der Waals surface area contributed by atoms with Gasteiger partial charge in [-0.15, -0.1) is 11.3 Å². The maximum atomic E-state index is 11.5. The number of esters is 1. The van der Waals surface area contributed by atoms with Crippen LogP contribution in [-0.4, -0.2) is 30.6 Å². The molecule has 2 atom stereocenters. The van der Waals surface area contributed by atoms with Crippen LogP contribution in [0.5, 0.6) is 0 Å². The molecule has 19 heavy (non-hydrogen) atoms. The first kappa shape index (κ1) is 12.9. The highest BCUT2D eigenvalue weighted by molar-refractivity contribution is 7.13. The van der Waals surface area contributed by atoms with Gasteiger partial charge in [0.25, 0.3) is 0 Å². The number of nitrogens with zero attached hydrogens (tertiary/aromatic N) is 2. The number of carbonyl (C=O) groups excluding carboxylic acids is 1. The van der Waals surface area contributed by atoms with Gasteiger partial charge in [0.05, 0.1) is 7.11 Å². The molecule has 0 amide bonds. The molecule has 2 unspecified atom stereocenters. The van der Waals surface area contributed by atoms with Crippen molar-refractivity contribution in [2.45, 2.75) is 44.6 Å². The van der Waals surface area contributed by atoms with Gasteiger partial charge in [-0.25, -0.2) is 9.78 Å². The minimum absolute atomic E-state index is 0.334. The van der Waals surface area contributed by atoms with Crippen molar-refractivity contribution in [2.24, 2.45) is 5.92 Å². The fourth-order valence-electron chi connectivity index (χ4n) is 3.46. The maximum absolute atomic E-state index is 11.5. The fourth-order valence-corrected chi connectivity index (χ4v) is 4.34. The number of carbonyl (C=O) groups is 1. The van der Waals surface area contributed by atoms with Gasteiger partial charge in [-0.05, 0) is 31.6 Å². The van der Waals surface area contributed by atoms with E-state index in [4.69, 9.17) is 4.74 Å². The van der Waals surface area contributed by atoms with E-state index in [1.54, 1.807) is 11.3 Å². The van der Waals surface area contributed by atoms with Crippen LogP contribution in [0.2, 0.25) is 0 Å².